The Balaban J connectivity index is 2.47. The van der Waals surface area contributed by atoms with Crippen molar-refractivity contribution < 1.29 is 79.4 Å². The number of aryl methyl sites for hydroxylation is 2. The van der Waals surface area contributed by atoms with Gasteiger partial charge in [-0.05, 0) is 19.4 Å². The molecule has 232 valence electrons. The lowest BCUT2D eigenvalue weighted by Gasteiger charge is -2.42. The monoisotopic (exact) mass is 650 g/mol. The van der Waals surface area contributed by atoms with Crippen LogP contribution in [0.2, 0.25) is 0 Å². The number of nitrogens with zero attached hydrogens (tertiary/aromatic N) is 1. The minimum Gasteiger partial charge on any atom is -0.296 e. The molecule has 1 amide bonds. The average molecular weight is 650 g/mol. The van der Waals surface area contributed by atoms with Gasteiger partial charge in [-0.2, -0.15) is 74.6 Å². The molecule has 0 radical (unpaired) electrons. The molecule has 2 rings (SSSR count). The van der Waals surface area contributed by atoms with Gasteiger partial charge < -0.3 is 0 Å². The van der Waals surface area contributed by atoms with Gasteiger partial charge in [0, 0.05) is 10.9 Å². The third kappa shape index (κ3) is 4.96. The van der Waals surface area contributed by atoms with Crippen LogP contribution in [-0.2, 0) is 4.79 Å². The summed E-state index contributed by atoms with van der Waals surface area (Å²) >= 11 is 0.172. The van der Waals surface area contributed by atoms with Crippen molar-refractivity contribution >= 4 is 22.4 Å². The Morgan fingerprint density at radius 2 is 1.12 bits per heavy atom. The predicted molar refractivity (Wildman–Crippen MR) is 106 cm³/mol. The van der Waals surface area contributed by atoms with Gasteiger partial charge in [-0.15, -0.1) is 11.3 Å². The van der Waals surface area contributed by atoms with Gasteiger partial charge in [0.15, 0.2) is 5.13 Å². The summed E-state index contributed by atoms with van der Waals surface area (Å²) in [5.74, 6) is -62.0. The molecule has 0 unspecified atom stereocenters. The number of alkyl halides is 17. The Bertz CT molecular complexity index is 1300. The van der Waals surface area contributed by atoms with E-state index in [1.807, 2.05) is 0 Å². The van der Waals surface area contributed by atoms with E-state index in [1.165, 1.54) is 19.1 Å². The van der Waals surface area contributed by atoms with Crippen LogP contribution in [0.15, 0.2) is 23.6 Å². The van der Waals surface area contributed by atoms with E-state index in [4.69, 9.17) is 0 Å². The van der Waals surface area contributed by atoms with Crippen LogP contribution in [0.3, 0.4) is 0 Å². The zero-order valence-corrected chi connectivity index (χ0v) is 20.3. The van der Waals surface area contributed by atoms with Crippen LogP contribution in [0.1, 0.15) is 11.1 Å². The summed E-state index contributed by atoms with van der Waals surface area (Å²) in [5.41, 5.74) is 1.33. The molecule has 0 saturated carbocycles. The quantitative estimate of drug-likeness (QED) is 0.277. The van der Waals surface area contributed by atoms with Crippen molar-refractivity contribution in [2.75, 3.05) is 5.32 Å². The van der Waals surface area contributed by atoms with E-state index in [1.54, 1.807) is 13.0 Å². The number of hydrogen-bond acceptors (Lipinski definition) is 3. The number of hydrogen-bond donors (Lipinski definition) is 1. The molecule has 41 heavy (non-hydrogen) atoms. The molecule has 0 spiro atoms. The number of anilines is 1. The Hall–Kier alpha value is -2.87. The maximum atomic E-state index is 14.1. The Morgan fingerprint density at radius 1 is 0.683 bits per heavy atom. The summed E-state index contributed by atoms with van der Waals surface area (Å²) in [6.45, 7) is 3.17. The van der Waals surface area contributed by atoms with Crippen LogP contribution in [0, 0.1) is 13.8 Å². The van der Waals surface area contributed by atoms with E-state index in [9.17, 15) is 79.4 Å². The summed E-state index contributed by atoms with van der Waals surface area (Å²) in [7, 11) is 0. The second-order valence-corrected chi connectivity index (χ2v) is 9.19. The van der Waals surface area contributed by atoms with Gasteiger partial charge in [-0.3, -0.25) is 10.1 Å². The van der Waals surface area contributed by atoms with Crippen molar-refractivity contribution in [3.8, 4) is 11.3 Å². The fraction of sp³-hybridized carbons (Fsp3) is 0.500. The van der Waals surface area contributed by atoms with Crippen LogP contribution in [-0.4, -0.2) is 58.5 Å². The first kappa shape index (κ1) is 34.3. The molecule has 0 bridgehead atoms. The van der Waals surface area contributed by atoms with Crippen molar-refractivity contribution in [2.45, 2.75) is 61.5 Å². The highest BCUT2D eigenvalue weighted by Crippen LogP contribution is 2.64. The number of amides is 1. The summed E-state index contributed by atoms with van der Waals surface area (Å²) in [5, 5.41) is 0.712. The molecule has 0 saturated heterocycles. The first-order valence-corrected chi connectivity index (χ1v) is 11.0. The van der Waals surface area contributed by atoms with E-state index in [-0.39, 0.29) is 22.6 Å². The SMILES string of the molecule is Cc1ccc(-c2csc(NC(=O)C(F)(F)C(F)(F)C(F)(F)C(F)(F)C(F)(F)C(F)(F)C(F)(F)C(F)(F)F)n2)c(C)c1. The largest absolute Gasteiger partial charge is 0.460 e. The van der Waals surface area contributed by atoms with Crippen LogP contribution < -0.4 is 5.32 Å². The fourth-order valence-electron chi connectivity index (χ4n) is 3.04. The predicted octanol–water partition coefficient (Wildman–Crippen LogP) is 8.37. The third-order valence-electron chi connectivity index (χ3n) is 5.39. The second kappa shape index (κ2) is 9.85. The highest BCUT2D eigenvalue weighted by molar-refractivity contribution is 7.14. The first-order valence-electron chi connectivity index (χ1n) is 10.1. The molecule has 1 heterocycles. The van der Waals surface area contributed by atoms with Crippen molar-refractivity contribution in [1.29, 1.82) is 0 Å². The van der Waals surface area contributed by atoms with Crippen molar-refractivity contribution in [1.82, 2.24) is 4.98 Å². The number of benzene rings is 1. The van der Waals surface area contributed by atoms with E-state index in [0.717, 1.165) is 16.3 Å². The molecule has 0 aliphatic heterocycles. The van der Waals surface area contributed by atoms with Crippen LogP contribution in [0.25, 0.3) is 11.3 Å². The third-order valence-corrected chi connectivity index (χ3v) is 6.15. The molecule has 1 aromatic carbocycles. The van der Waals surface area contributed by atoms with Crippen molar-refractivity contribution in [3.05, 3.63) is 34.7 Å². The Morgan fingerprint density at radius 3 is 1.56 bits per heavy atom. The minimum absolute atomic E-state index is 0.137. The normalized spacial score (nSPS) is 14.8. The molecule has 1 aromatic heterocycles. The lowest BCUT2D eigenvalue weighted by molar-refractivity contribution is -0.459. The zero-order chi connectivity index (χ0) is 32.4. The number of carbonyl (C=O) groups is 1. The average Bonchev–Trinajstić information content (AvgIpc) is 3.25. The highest BCUT2D eigenvalue weighted by atomic mass is 32.1. The van der Waals surface area contributed by atoms with Crippen LogP contribution in [0.4, 0.5) is 79.8 Å². The highest BCUT2D eigenvalue weighted by Gasteiger charge is 2.95. The summed E-state index contributed by atoms with van der Waals surface area (Å²) in [6, 6.07) is 4.50. The van der Waals surface area contributed by atoms with E-state index < -0.39 is 58.7 Å². The summed E-state index contributed by atoms with van der Waals surface area (Å²) in [4.78, 5) is 15.2. The molecule has 1 N–H and O–H groups in total. The smallest absolute Gasteiger partial charge is 0.296 e. The fourth-order valence-corrected chi connectivity index (χ4v) is 3.74. The maximum Gasteiger partial charge on any atom is 0.460 e. The van der Waals surface area contributed by atoms with Gasteiger partial charge in [0.2, 0.25) is 0 Å². The lowest BCUT2D eigenvalue weighted by Crippen LogP contribution is -2.75. The second-order valence-electron chi connectivity index (χ2n) is 8.33. The number of nitrogens with one attached hydrogen (secondary N) is 1. The summed E-state index contributed by atoms with van der Waals surface area (Å²) in [6.07, 6.45) is -7.85. The molecule has 3 nitrogen and oxygen atoms in total. The van der Waals surface area contributed by atoms with Gasteiger partial charge in [-0.25, -0.2) is 4.98 Å². The first-order chi connectivity index (χ1) is 18.0. The number of thiazole rings is 1. The molecular weight excluding hydrogens is 639 g/mol. The molecule has 0 aliphatic rings. The van der Waals surface area contributed by atoms with Gasteiger partial charge in [0.25, 0.3) is 0 Å². The van der Waals surface area contributed by atoms with Crippen molar-refractivity contribution in [3.63, 3.8) is 0 Å². The topological polar surface area (TPSA) is 42.0 Å². The zero-order valence-electron chi connectivity index (χ0n) is 19.5. The Labute approximate surface area is 220 Å². The molecule has 0 fully saturated rings. The number of aromatic nitrogens is 1. The van der Waals surface area contributed by atoms with Gasteiger partial charge >= 0.3 is 53.5 Å². The maximum absolute atomic E-state index is 14.1. The Kier molecular flexibility index (Phi) is 8.25. The van der Waals surface area contributed by atoms with Gasteiger partial charge in [-0.1, -0.05) is 23.8 Å². The molecule has 21 heteroatoms. The standard InChI is InChI=1S/C20H11F17N2OS/c1-7-3-4-9(8(2)5-7)10-6-41-12(38-10)39-11(40)13(21,22)14(23,24)15(25,26)16(27,28)17(29,30)18(31,32)19(33,34)20(35,36)37/h3-6H,1-2H3,(H,38,39,40). The van der Waals surface area contributed by atoms with Crippen molar-refractivity contribution in [2.24, 2.45) is 0 Å². The van der Waals surface area contributed by atoms with Crippen LogP contribution in [0.5, 0.6) is 0 Å². The van der Waals surface area contributed by atoms with Gasteiger partial charge in [0.05, 0.1) is 5.69 Å². The number of carbonyl (C=O) groups excluding carboxylic acids is 1. The van der Waals surface area contributed by atoms with E-state index in [2.05, 4.69) is 4.98 Å². The minimum atomic E-state index is -8.77. The molecular formula is C20H11F17N2OS. The van der Waals surface area contributed by atoms with E-state index in [0.29, 0.717) is 5.56 Å². The lowest BCUT2D eigenvalue weighted by atomic mass is 9.89. The van der Waals surface area contributed by atoms with Crippen LogP contribution >= 0.6 is 11.3 Å². The van der Waals surface area contributed by atoms with Gasteiger partial charge in [0.1, 0.15) is 0 Å². The van der Waals surface area contributed by atoms with E-state index >= 15 is 0 Å². The number of halogens is 17. The number of rotatable bonds is 9. The summed E-state index contributed by atoms with van der Waals surface area (Å²) < 4.78 is 227. The molecule has 0 atom stereocenters. The molecule has 2 aromatic rings. The molecule has 0 aliphatic carbocycles.